The first-order chi connectivity index (χ1) is 7.19. The number of hydrogen-bond acceptors (Lipinski definition) is 3. The molecule has 0 saturated heterocycles. The molecule has 1 aromatic heterocycles. The molecule has 0 bridgehead atoms. The Morgan fingerprint density at radius 1 is 1.18 bits per heavy atom. The minimum absolute atomic E-state index is 0. The summed E-state index contributed by atoms with van der Waals surface area (Å²) in [6, 6.07) is -3.82. The summed E-state index contributed by atoms with van der Waals surface area (Å²) >= 11 is 0. The molecule has 0 saturated carbocycles. The first-order valence-corrected chi connectivity index (χ1v) is 3.85. The van der Waals surface area contributed by atoms with E-state index in [0.717, 1.165) is 0 Å². The molecule has 9 heteroatoms. The summed E-state index contributed by atoms with van der Waals surface area (Å²) in [5.41, 5.74) is -0.677. The second-order valence-corrected chi connectivity index (χ2v) is 2.84. The van der Waals surface area contributed by atoms with Gasteiger partial charge < -0.3 is 9.90 Å². The van der Waals surface area contributed by atoms with Crippen molar-refractivity contribution in [2.45, 2.75) is 12.0 Å². The monoisotopic (exact) mass is 371 g/mol. The van der Waals surface area contributed by atoms with Gasteiger partial charge in [-0.25, -0.2) is 0 Å². The zero-order valence-corrected chi connectivity index (χ0v) is 14.8. The van der Waals surface area contributed by atoms with Gasteiger partial charge in [0.1, 0.15) is 5.97 Å². The normalized spacial score (nSPS) is 11.8. The van der Waals surface area contributed by atoms with Gasteiger partial charge in [-0.3, -0.25) is 9.36 Å². The Morgan fingerprint density at radius 3 is 1.94 bits per heavy atom. The van der Waals surface area contributed by atoms with Crippen molar-refractivity contribution in [2.24, 2.45) is 0 Å². The molecule has 1 heterocycles. The summed E-state index contributed by atoms with van der Waals surface area (Å²) in [6.45, 7) is 0. The van der Waals surface area contributed by atoms with Gasteiger partial charge in [0.25, 0.3) is 0 Å². The van der Waals surface area contributed by atoms with Crippen LogP contribution in [-0.2, 0) is 10.8 Å². The molecule has 1 aromatic rings. The molecule has 88 valence electrons. The van der Waals surface area contributed by atoms with Crippen LogP contribution >= 0.6 is 0 Å². The predicted molar refractivity (Wildman–Crippen MR) is 40.8 cm³/mol. The second kappa shape index (κ2) is 5.89. The predicted octanol–water partition coefficient (Wildman–Crippen LogP) is -3.21. The van der Waals surface area contributed by atoms with Crippen LogP contribution in [0.1, 0.15) is 0 Å². The fourth-order valence-corrected chi connectivity index (χ4v) is 0.885. The van der Waals surface area contributed by atoms with Crippen LogP contribution in [0, 0.1) is 0 Å². The van der Waals surface area contributed by atoms with Crippen molar-refractivity contribution in [3.05, 3.63) is 34.7 Å². The Balaban J connectivity index is 0.00000256. The van der Waals surface area contributed by atoms with Crippen molar-refractivity contribution in [3.8, 4) is 0 Å². The molecule has 17 heavy (non-hydrogen) atoms. The van der Waals surface area contributed by atoms with Crippen LogP contribution in [0.5, 0.6) is 0 Å². The Morgan fingerprint density at radius 2 is 1.59 bits per heavy atom. The van der Waals surface area contributed by atoms with Gasteiger partial charge in [-0.15, -0.1) is 0 Å². The maximum atomic E-state index is 13.0. The van der Waals surface area contributed by atoms with Gasteiger partial charge in [0, 0.05) is 24.5 Å². The largest absolute Gasteiger partial charge is 1.00 e. The fraction of sp³-hybridized carbons (Fsp3) is 0.250. The molecule has 0 aliphatic heterocycles. The van der Waals surface area contributed by atoms with Crippen LogP contribution in [0.2, 0.25) is 0 Å². The van der Waals surface area contributed by atoms with E-state index in [1.807, 2.05) is 0 Å². The molecule has 0 radical (unpaired) electrons. The molecule has 0 fully saturated rings. The van der Waals surface area contributed by atoms with Gasteiger partial charge in [-0.2, -0.15) is 17.6 Å². The smallest absolute Gasteiger partial charge is 0.544 e. The van der Waals surface area contributed by atoms with E-state index in [-0.39, 0.29) is 73.5 Å². The van der Waals surface area contributed by atoms with Crippen LogP contribution in [0.3, 0.4) is 0 Å². The topological polar surface area (TPSA) is 62.1 Å². The van der Waals surface area contributed by atoms with E-state index in [0.29, 0.717) is 24.5 Å². The van der Waals surface area contributed by atoms with E-state index in [9.17, 15) is 32.3 Å². The number of carbonyl (C=O) groups is 1. The Kier molecular flexibility index (Phi) is 5.95. The molecule has 0 atom stereocenters. The molecule has 0 aliphatic rings. The minimum atomic E-state index is -5.37. The third-order valence-electron chi connectivity index (χ3n) is 1.76. The number of alkyl halides is 4. The van der Waals surface area contributed by atoms with Crippen LogP contribution in [0.4, 0.5) is 17.6 Å². The van der Waals surface area contributed by atoms with E-state index in [1.165, 1.54) is 0 Å². The molecule has 0 unspecified atom stereocenters. The molecule has 0 aliphatic carbocycles. The number of nitrogens with zero attached hydrogens (tertiary/aromatic N) is 1. The number of pyridine rings is 1. The Hall–Kier alpha value is 0.192. The molecule has 0 N–H and O–H groups in total. The second-order valence-electron chi connectivity index (χ2n) is 2.84. The van der Waals surface area contributed by atoms with E-state index in [2.05, 4.69) is 0 Å². The third-order valence-corrected chi connectivity index (χ3v) is 1.76. The zero-order valence-electron chi connectivity index (χ0n) is 8.49. The Labute approximate surface area is 151 Å². The van der Waals surface area contributed by atoms with Crippen molar-refractivity contribution in [1.29, 1.82) is 0 Å². The van der Waals surface area contributed by atoms with Gasteiger partial charge >= 0.3 is 80.9 Å². The SMILES string of the molecule is O=C([O-])C(F)(F)C(F)(F)n1ccc(=O)cc1.[Cs+]. The summed E-state index contributed by atoms with van der Waals surface area (Å²) in [7, 11) is 0. The van der Waals surface area contributed by atoms with E-state index >= 15 is 0 Å². The number of halogens is 4. The Bertz CT molecular complexity index is 454. The quantitative estimate of drug-likeness (QED) is 0.526. The summed E-state index contributed by atoms with van der Waals surface area (Å²) < 4.78 is 50.8. The van der Waals surface area contributed by atoms with Gasteiger partial charge in [0.15, 0.2) is 5.43 Å². The molecular formula is C8H4CsF4NO3. The summed E-state index contributed by atoms with van der Waals surface area (Å²) in [5, 5.41) is 9.89. The van der Waals surface area contributed by atoms with Gasteiger partial charge in [0.05, 0.1) is 0 Å². The minimum Gasteiger partial charge on any atom is -0.544 e. The van der Waals surface area contributed by atoms with Crippen molar-refractivity contribution < 1.29 is 96.4 Å². The summed E-state index contributed by atoms with van der Waals surface area (Å²) in [6.07, 6.45) is 0.721. The maximum absolute atomic E-state index is 13.0. The standard InChI is InChI=1S/C8H5F4NO3.Cs/c9-7(10,6(15)16)8(11,12)13-3-1-5(14)2-4-13;/h1-4H,(H,15,16);/q;+1/p-1. The third kappa shape index (κ3) is 3.35. The average molecular weight is 371 g/mol. The van der Waals surface area contributed by atoms with E-state index < -0.39 is 23.4 Å². The first-order valence-electron chi connectivity index (χ1n) is 3.85. The van der Waals surface area contributed by atoms with E-state index in [4.69, 9.17) is 0 Å². The van der Waals surface area contributed by atoms with Gasteiger partial charge in [0.2, 0.25) is 0 Å². The molecule has 1 rings (SSSR count). The molecule has 0 aromatic carbocycles. The van der Waals surface area contributed by atoms with Crippen LogP contribution in [0.25, 0.3) is 0 Å². The van der Waals surface area contributed by atoms with Crippen molar-refractivity contribution >= 4 is 5.97 Å². The zero-order chi connectivity index (χ0) is 12.6. The van der Waals surface area contributed by atoms with Gasteiger partial charge in [-0.05, 0) is 0 Å². The molecule has 4 nitrogen and oxygen atoms in total. The number of carboxylic acids is 1. The number of rotatable bonds is 3. The van der Waals surface area contributed by atoms with Crippen molar-refractivity contribution in [1.82, 2.24) is 4.57 Å². The van der Waals surface area contributed by atoms with Crippen LogP contribution in [0.15, 0.2) is 29.3 Å². The van der Waals surface area contributed by atoms with Crippen LogP contribution < -0.4 is 79.4 Å². The maximum Gasteiger partial charge on any atom is 1.00 e. The number of carbonyl (C=O) groups excluding carboxylic acids is 1. The number of hydrogen-bond donors (Lipinski definition) is 0. The molecule has 0 spiro atoms. The van der Waals surface area contributed by atoms with E-state index in [1.54, 1.807) is 0 Å². The average Bonchev–Trinajstić information content (AvgIpc) is 2.17. The fourth-order valence-electron chi connectivity index (χ4n) is 0.885. The number of aliphatic carboxylic acids is 1. The van der Waals surface area contributed by atoms with Crippen LogP contribution in [-0.4, -0.2) is 16.5 Å². The first kappa shape index (κ1) is 17.2. The van der Waals surface area contributed by atoms with Crippen molar-refractivity contribution in [2.75, 3.05) is 0 Å². The molecular weight excluding hydrogens is 367 g/mol. The summed E-state index contributed by atoms with van der Waals surface area (Å²) in [4.78, 5) is 20.4. The number of aromatic nitrogens is 1. The van der Waals surface area contributed by atoms with Gasteiger partial charge in [-0.1, -0.05) is 0 Å². The molecule has 0 amide bonds. The number of carboxylic acid groups (broad SMARTS) is 1. The summed E-state index contributed by atoms with van der Waals surface area (Å²) in [5.74, 6) is -8.57. The van der Waals surface area contributed by atoms with Crippen molar-refractivity contribution in [3.63, 3.8) is 0 Å².